The van der Waals surface area contributed by atoms with Gasteiger partial charge in [0.15, 0.2) is 0 Å². The van der Waals surface area contributed by atoms with Crippen LogP contribution in [0.15, 0.2) is 36.5 Å². The molecule has 2 aromatic heterocycles. The summed E-state index contributed by atoms with van der Waals surface area (Å²) in [5.41, 5.74) is 1.61. The number of rotatable bonds is 9. The molecule has 49 heavy (non-hydrogen) atoms. The fourth-order valence-electron chi connectivity index (χ4n) is 13.2. The van der Waals surface area contributed by atoms with Gasteiger partial charge in [-0.25, -0.2) is 0 Å². The number of hydrogen-bond donors (Lipinski definition) is 3. The predicted molar refractivity (Wildman–Crippen MR) is 190 cm³/mol. The van der Waals surface area contributed by atoms with Crippen LogP contribution < -0.4 is 5.32 Å². The molecule has 0 unspecified atom stereocenters. The summed E-state index contributed by atoms with van der Waals surface area (Å²) in [4.78, 5) is 20.4. The first-order valence-corrected chi connectivity index (χ1v) is 19.3. The van der Waals surface area contributed by atoms with Gasteiger partial charge in [0.25, 0.3) is 0 Å². The van der Waals surface area contributed by atoms with Crippen LogP contribution in [0.1, 0.15) is 112 Å². The maximum absolute atomic E-state index is 14.4. The highest BCUT2D eigenvalue weighted by atomic mass is 16.3. The van der Waals surface area contributed by atoms with E-state index in [1.807, 2.05) is 18.2 Å². The number of tetrazole rings is 1. The third-order valence-corrected chi connectivity index (χ3v) is 16.1. The van der Waals surface area contributed by atoms with E-state index in [1.54, 1.807) is 11.0 Å². The monoisotopic (exact) mass is 672 g/mol. The molecule has 0 aromatic carbocycles. The summed E-state index contributed by atoms with van der Waals surface area (Å²) in [5.74, 6) is 2.89. The van der Waals surface area contributed by atoms with Crippen LogP contribution >= 0.6 is 0 Å². The Morgan fingerprint density at radius 3 is 2.53 bits per heavy atom. The van der Waals surface area contributed by atoms with Gasteiger partial charge in [0.1, 0.15) is 5.69 Å². The number of fused-ring (bicyclic) bond motifs is 7. The van der Waals surface area contributed by atoms with Gasteiger partial charge in [-0.1, -0.05) is 45.9 Å². The van der Waals surface area contributed by atoms with Gasteiger partial charge in [0.05, 0.1) is 24.7 Å². The first kappa shape index (κ1) is 34.8. The molecule has 0 radical (unpaired) electrons. The third kappa shape index (κ3) is 5.17. The fourth-order valence-corrected chi connectivity index (χ4v) is 13.2. The van der Waals surface area contributed by atoms with E-state index < -0.39 is 11.5 Å². The van der Waals surface area contributed by atoms with Crippen LogP contribution in [0, 0.1) is 56.7 Å². The van der Waals surface area contributed by atoms with E-state index in [-0.39, 0.29) is 34.2 Å². The Labute approximate surface area is 293 Å². The van der Waals surface area contributed by atoms with Crippen LogP contribution in [0.4, 0.5) is 0 Å². The lowest BCUT2D eigenvalue weighted by atomic mass is 9.32. The predicted octanol–water partition coefficient (Wildman–Crippen LogP) is 6.62. The number of carbonyl (C=O) groups excluding carboxylic acids is 1. The van der Waals surface area contributed by atoms with Gasteiger partial charge in [-0.05, 0) is 147 Å². The van der Waals surface area contributed by atoms with Crippen molar-refractivity contribution in [3.8, 4) is 11.5 Å². The van der Waals surface area contributed by atoms with Crippen LogP contribution in [0.25, 0.3) is 11.5 Å². The van der Waals surface area contributed by atoms with Crippen molar-refractivity contribution in [3.05, 3.63) is 36.5 Å². The van der Waals surface area contributed by atoms with E-state index in [0.717, 1.165) is 70.6 Å². The molecule has 7 rings (SSSR count). The molecule has 5 saturated carbocycles. The van der Waals surface area contributed by atoms with E-state index in [2.05, 4.69) is 66.9 Å². The fraction of sp³-hybridized carbons (Fsp3) is 0.775. The lowest BCUT2D eigenvalue weighted by molar-refractivity contribution is -0.252. The number of aromatic nitrogens is 5. The molecule has 0 aliphatic heterocycles. The molecule has 5 aliphatic rings. The zero-order chi connectivity index (χ0) is 34.8. The summed E-state index contributed by atoms with van der Waals surface area (Å²) < 4.78 is 0. The molecule has 268 valence electrons. The molecule has 9 heteroatoms. The number of aliphatic hydroxyl groups excluding tert-OH is 2. The van der Waals surface area contributed by atoms with Crippen molar-refractivity contribution >= 4 is 5.91 Å². The minimum atomic E-state index is -0.434. The van der Waals surface area contributed by atoms with Gasteiger partial charge in [-0.2, -0.15) is 4.80 Å². The lowest BCUT2D eigenvalue weighted by Gasteiger charge is -2.73. The Bertz CT molecular complexity index is 1550. The summed E-state index contributed by atoms with van der Waals surface area (Å²) in [6.45, 7) is 17.9. The quantitative estimate of drug-likeness (QED) is 0.202. The molecular weight excluding hydrogens is 612 g/mol. The number of aliphatic hydroxyl groups is 2. The van der Waals surface area contributed by atoms with Crippen molar-refractivity contribution in [2.75, 3.05) is 13.2 Å². The minimum absolute atomic E-state index is 0.0575. The molecule has 0 saturated heterocycles. The van der Waals surface area contributed by atoms with Crippen molar-refractivity contribution in [3.63, 3.8) is 0 Å². The molecule has 3 N–H and O–H groups in total. The van der Waals surface area contributed by atoms with Crippen LogP contribution in [0.3, 0.4) is 0 Å². The second-order valence-electron chi connectivity index (χ2n) is 17.9. The van der Waals surface area contributed by atoms with Crippen molar-refractivity contribution in [2.24, 2.45) is 56.7 Å². The Kier molecular flexibility index (Phi) is 8.90. The zero-order valence-electron chi connectivity index (χ0n) is 30.6. The molecule has 5 fully saturated rings. The number of pyridine rings is 1. The number of carbonyl (C=O) groups is 1. The number of hydrogen-bond acceptors (Lipinski definition) is 7. The average Bonchev–Trinajstić information content (AvgIpc) is 3.73. The molecule has 9 nitrogen and oxygen atoms in total. The molecule has 2 heterocycles. The highest BCUT2D eigenvalue weighted by Gasteiger charge is 2.72. The molecule has 2 aromatic rings. The number of unbranched alkanes of at least 4 members (excludes halogenated alkanes) is 1. The van der Waals surface area contributed by atoms with Crippen LogP contribution in [-0.2, 0) is 11.3 Å². The molecule has 0 bridgehead atoms. The van der Waals surface area contributed by atoms with E-state index in [1.165, 1.54) is 12.0 Å². The number of nitrogens with zero attached hydrogens (tertiary/aromatic N) is 5. The van der Waals surface area contributed by atoms with Crippen molar-refractivity contribution in [1.82, 2.24) is 30.5 Å². The summed E-state index contributed by atoms with van der Waals surface area (Å²) in [6.07, 6.45) is 13.4. The van der Waals surface area contributed by atoms with Crippen molar-refractivity contribution in [2.45, 2.75) is 124 Å². The maximum Gasteiger partial charge on any atom is 0.226 e. The number of aryl methyl sites for hydroxylation is 1. The van der Waals surface area contributed by atoms with Gasteiger partial charge in [0, 0.05) is 18.2 Å². The van der Waals surface area contributed by atoms with Gasteiger partial charge in [-0.15, -0.1) is 10.2 Å². The average molecular weight is 673 g/mol. The van der Waals surface area contributed by atoms with Gasteiger partial charge >= 0.3 is 0 Å². The topological polar surface area (TPSA) is 126 Å². The molecule has 5 aliphatic carbocycles. The Morgan fingerprint density at radius 1 is 0.980 bits per heavy atom. The first-order valence-electron chi connectivity index (χ1n) is 19.3. The number of allylic oxidation sites excluding steroid dienone is 1. The lowest BCUT2D eigenvalue weighted by Crippen LogP contribution is -2.68. The first-order chi connectivity index (χ1) is 23.3. The zero-order valence-corrected chi connectivity index (χ0v) is 30.6. The Balaban J connectivity index is 1.05. The second kappa shape index (κ2) is 12.5. The van der Waals surface area contributed by atoms with E-state index in [4.69, 9.17) is 0 Å². The van der Waals surface area contributed by atoms with E-state index in [9.17, 15) is 15.0 Å². The van der Waals surface area contributed by atoms with Crippen molar-refractivity contribution in [1.29, 1.82) is 0 Å². The summed E-state index contributed by atoms with van der Waals surface area (Å²) in [5, 5.41) is 38.0. The SMILES string of the molecule is C=C(C)[C@@H]1CC[C@]2(C(=O)NCCCCn3nnc(-c4ccccn4)n3)CC[C@]3(C)[C@H](CC[C@@H]4[C@@]5(C)CC[C@H](O)[C@@](C)(CO)[C@@H]5CC[C@]43C)[C@@H]12. The summed E-state index contributed by atoms with van der Waals surface area (Å²) in [6, 6.07) is 5.67. The molecular formula is C40H60N6O3. The molecule has 0 spiro atoms. The molecule has 1 amide bonds. The maximum atomic E-state index is 14.4. The van der Waals surface area contributed by atoms with Gasteiger partial charge in [0.2, 0.25) is 11.7 Å². The van der Waals surface area contributed by atoms with E-state index >= 15 is 0 Å². The second-order valence-corrected chi connectivity index (χ2v) is 17.9. The third-order valence-electron chi connectivity index (χ3n) is 16.1. The van der Waals surface area contributed by atoms with Crippen LogP contribution in [0.2, 0.25) is 0 Å². The highest BCUT2D eigenvalue weighted by molar-refractivity contribution is 5.83. The van der Waals surface area contributed by atoms with Gasteiger partial charge < -0.3 is 15.5 Å². The Hall–Kier alpha value is -2.65. The van der Waals surface area contributed by atoms with E-state index in [0.29, 0.717) is 54.2 Å². The summed E-state index contributed by atoms with van der Waals surface area (Å²) >= 11 is 0. The minimum Gasteiger partial charge on any atom is -0.396 e. The summed E-state index contributed by atoms with van der Waals surface area (Å²) in [7, 11) is 0. The molecule has 11 atom stereocenters. The standard InChI is InChI=1S/C40H60N6O3/c1-26(2)27-14-19-40(35(49)42-23-9-10-24-46-44-34(43-45-46)29-11-7-8-22-41-29)21-20-38(5)28(33(27)40)12-13-31-36(3)17-16-32(48)37(4,25-47)30(36)15-18-39(31,38)6/h7-8,11,22,27-28,30-33,47-48H,1,9-10,12-21,23-25H2,2-6H3,(H,42,49)/t27-,28+,30+,31+,32-,33+,36-,37-,38+,39+,40-/m0/s1. The van der Waals surface area contributed by atoms with Crippen LogP contribution in [-0.4, -0.2) is 60.6 Å². The highest BCUT2D eigenvalue weighted by Crippen LogP contribution is 2.77. The van der Waals surface area contributed by atoms with Gasteiger partial charge in [-0.3, -0.25) is 9.78 Å². The van der Waals surface area contributed by atoms with Crippen molar-refractivity contribution < 1.29 is 15.0 Å². The largest absolute Gasteiger partial charge is 0.396 e. The number of nitrogens with one attached hydrogen (secondary N) is 1. The normalized spacial score (nSPS) is 42.8. The van der Waals surface area contributed by atoms with Crippen LogP contribution in [0.5, 0.6) is 0 Å². The number of amides is 1. The Morgan fingerprint density at radius 2 is 1.80 bits per heavy atom. The smallest absolute Gasteiger partial charge is 0.226 e.